The van der Waals surface area contributed by atoms with Crippen molar-refractivity contribution in [3.63, 3.8) is 0 Å². The summed E-state index contributed by atoms with van der Waals surface area (Å²) in [6.07, 6.45) is 5.23. The van der Waals surface area contributed by atoms with Crippen molar-refractivity contribution in [2.45, 2.75) is 19.8 Å². The van der Waals surface area contributed by atoms with Crippen LogP contribution < -0.4 is 15.7 Å². The topological polar surface area (TPSA) is 68.5 Å². The van der Waals surface area contributed by atoms with Gasteiger partial charge in [0.2, 0.25) is 0 Å². The van der Waals surface area contributed by atoms with Gasteiger partial charge in [0.15, 0.2) is 0 Å². The molecule has 0 aliphatic rings. The van der Waals surface area contributed by atoms with Crippen LogP contribution in [0.25, 0.3) is 0 Å². The normalized spacial score (nSPS) is 10.9. The molecule has 6 nitrogen and oxygen atoms in total. The molecule has 0 bridgehead atoms. The number of ether oxygens (including phenoxy) is 1. The van der Waals surface area contributed by atoms with Crippen LogP contribution in [0.2, 0.25) is 5.02 Å². The van der Waals surface area contributed by atoms with Gasteiger partial charge in [-0.25, -0.2) is 4.68 Å². The fourth-order valence-corrected chi connectivity index (χ4v) is 1.96. The fraction of sp³-hybridized carbons (Fsp3) is 0.312. The number of halogens is 1. The zero-order valence-electron chi connectivity index (χ0n) is 13.1. The Hall–Kier alpha value is -2.34. The third kappa shape index (κ3) is 4.82. The number of rotatable bonds is 7. The molecule has 122 valence electrons. The van der Waals surface area contributed by atoms with Gasteiger partial charge < -0.3 is 4.74 Å². The van der Waals surface area contributed by atoms with E-state index in [1.807, 2.05) is 24.3 Å². The highest BCUT2D eigenvalue weighted by Gasteiger charge is 2.05. The quantitative estimate of drug-likeness (QED) is 0.480. The van der Waals surface area contributed by atoms with Crippen molar-refractivity contribution in [1.29, 1.82) is 0 Å². The summed E-state index contributed by atoms with van der Waals surface area (Å²) in [5.74, 6) is 0.836. The van der Waals surface area contributed by atoms with Crippen LogP contribution in [-0.2, 0) is 7.05 Å². The lowest BCUT2D eigenvalue weighted by molar-refractivity contribution is 0.309. The van der Waals surface area contributed by atoms with Gasteiger partial charge in [-0.3, -0.25) is 10.2 Å². The highest BCUT2D eigenvalue weighted by molar-refractivity contribution is 6.32. The van der Waals surface area contributed by atoms with Crippen molar-refractivity contribution < 1.29 is 4.74 Å². The van der Waals surface area contributed by atoms with Gasteiger partial charge in [0.25, 0.3) is 5.56 Å². The molecule has 0 aliphatic carbocycles. The second kappa shape index (κ2) is 8.33. The lowest BCUT2D eigenvalue weighted by Gasteiger charge is -2.05. The van der Waals surface area contributed by atoms with Gasteiger partial charge in [0.1, 0.15) is 16.5 Å². The summed E-state index contributed by atoms with van der Waals surface area (Å²) in [6.45, 7) is 2.85. The Balaban J connectivity index is 1.96. The number of hydrogen-bond acceptors (Lipinski definition) is 5. The minimum atomic E-state index is -0.375. The van der Waals surface area contributed by atoms with Crippen molar-refractivity contribution in [1.82, 2.24) is 9.78 Å². The molecule has 0 spiro atoms. The van der Waals surface area contributed by atoms with E-state index in [1.54, 1.807) is 6.21 Å². The van der Waals surface area contributed by atoms with Gasteiger partial charge in [-0.15, -0.1) is 0 Å². The Morgan fingerprint density at radius 3 is 2.83 bits per heavy atom. The monoisotopic (exact) mass is 334 g/mol. The van der Waals surface area contributed by atoms with Crippen LogP contribution in [-0.4, -0.2) is 22.6 Å². The second-order valence-electron chi connectivity index (χ2n) is 4.94. The Kier molecular flexibility index (Phi) is 6.17. The van der Waals surface area contributed by atoms with Gasteiger partial charge in [-0.05, 0) is 36.2 Å². The number of unbranched alkanes of at least 4 members (excludes halogenated alkanes) is 1. The molecule has 0 saturated heterocycles. The van der Waals surface area contributed by atoms with Crippen LogP contribution in [0.3, 0.4) is 0 Å². The molecule has 0 aliphatic heterocycles. The number of hydrazone groups is 1. The maximum absolute atomic E-state index is 11.6. The Morgan fingerprint density at radius 2 is 2.13 bits per heavy atom. The van der Waals surface area contributed by atoms with Crippen LogP contribution in [0, 0.1) is 0 Å². The molecule has 0 atom stereocenters. The first-order valence-electron chi connectivity index (χ1n) is 7.35. The van der Waals surface area contributed by atoms with Crippen LogP contribution in [0.1, 0.15) is 25.3 Å². The molecule has 1 heterocycles. The summed E-state index contributed by atoms with van der Waals surface area (Å²) in [7, 11) is 1.53. The molecule has 0 radical (unpaired) electrons. The number of nitrogens with zero attached hydrogens (tertiary/aromatic N) is 3. The second-order valence-corrected chi connectivity index (χ2v) is 5.32. The summed E-state index contributed by atoms with van der Waals surface area (Å²) in [6, 6.07) is 7.58. The molecular weight excluding hydrogens is 316 g/mol. The predicted molar refractivity (Wildman–Crippen MR) is 92.5 cm³/mol. The maximum atomic E-state index is 11.6. The molecule has 1 N–H and O–H groups in total. The fourth-order valence-electron chi connectivity index (χ4n) is 1.75. The molecule has 2 rings (SSSR count). The summed E-state index contributed by atoms with van der Waals surface area (Å²) < 4.78 is 6.75. The van der Waals surface area contributed by atoms with E-state index in [1.165, 1.54) is 13.2 Å². The maximum Gasteiger partial charge on any atom is 0.287 e. The Morgan fingerprint density at radius 1 is 1.39 bits per heavy atom. The Bertz CT molecular complexity index is 726. The first-order valence-corrected chi connectivity index (χ1v) is 7.73. The van der Waals surface area contributed by atoms with E-state index >= 15 is 0 Å². The highest BCUT2D eigenvalue weighted by atomic mass is 35.5. The molecule has 0 fully saturated rings. The standard InChI is InChI=1S/C16H19ClN4O2/c1-3-4-9-23-13-7-5-12(6-8-13)10-18-20-14-11-19-21(2)16(22)15(14)17/h5-8,10-11,20H,3-4,9H2,1-2H3/b18-10-. The zero-order chi connectivity index (χ0) is 16.7. The molecule has 1 aromatic carbocycles. The molecule has 0 amide bonds. The number of hydrogen-bond donors (Lipinski definition) is 1. The van der Waals surface area contributed by atoms with E-state index in [9.17, 15) is 4.79 Å². The van der Waals surface area contributed by atoms with Gasteiger partial charge in [-0.2, -0.15) is 10.2 Å². The van der Waals surface area contributed by atoms with Crippen molar-refractivity contribution in [2.24, 2.45) is 12.1 Å². The molecule has 2 aromatic rings. The smallest absolute Gasteiger partial charge is 0.287 e. The number of benzene rings is 1. The molecule has 1 aromatic heterocycles. The van der Waals surface area contributed by atoms with Crippen LogP contribution in [0.15, 0.2) is 40.4 Å². The highest BCUT2D eigenvalue weighted by Crippen LogP contribution is 2.15. The number of aryl methyl sites for hydroxylation is 1. The zero-order valence-corrected chi connectivity index (χ0v) is 13.9. The van der Waals surface area contributed by atoms with Gasteiger partial charge in [0, 0.05) is 7.05 Å². The van der Waals surface area contributed by atoms with Gasteiger partial charge in [0.05, 0.1) is 19.0 Å². The van der Waals surface area contributed by atoms with Crippen LogP contribution >= 0.6 is 11.6 Å². The summed E-state index contributed by atoms with van der Waals surface area (Å²) >= 11 is 5.94. The van der Waals surface area contributed by atoms with E-state index in [-0.39, 0.29) is 10.6 Å². The van der Waals surface area contributed by atoms with E-state index in [4.69, 9.17) is 16.3 Å². The van der Waals surface area contributed by atoms with E-state index in [0.29, 0.717) is 5.69 Å². The molecule has 0 unspecified atom stereocenters. The summed E-state index contributed by atoms with van der Waals surface area (Å²) in [4.78, 5) is 11.6. The molecule has 7 heteroatoms. The number of anilines is 1. The average molecular weight is 335 g/mol. The van der Waals surface area contributed by atoms with Crippen molar-refractivity contribution >= 4 is 23.5 Å². The minimum Gasteiger partial charge on any atom is -0.494 e. The predicted octanol–water partition coefficient (Wildman–Crippen LogP) is 3.06. The SMILES string of the molecule is CCCCOc1ccc(/C=N\Nc2cnn(C)c(=O)c2Cl)cc1. The van der Waals surface area contributed by atoms with Crippen LogP contribution in [0.4, 0.5) is 5.69 Å². The third-order valence-corrected chi connectivity index (χ3v) is 3.49. The van der Waals surface area contributed by atoms with E-state index < -0.39 is 0 Å². The first kappa shape index (κ1) is 17.0. The molecule has 0 saturated carbocycles. The van der Waals surface area contributed by atoms with Crippen molar-refractivity contribution in [3.8, 4) is 5.75 Å². The van der Waals surface area contributed by atoms with Crippen molar-refractivity contribution in [2.75, 3.05) is 12.0 Å². The summed E-state index contributed by atoms with van der Waals surface area (Å²) in [5, 5.41) is 7.99. The van der Waals surface area contributed by atoms with E-state index in [2.05, 4.69) is 22.5 Å². The summed E-state index contributed by atoms with van der Waals surface area (Å²) in [5.41, 5.74) is 3.60. The largest absolute Gasteiger partial charge is 0.494 e. The van der Waals surface area contributed by atoms with Crippen molar-refractivity contribution in [3.05, 3.63) is 51.4 Å². The number of aromatic nitrogens is 2. The third-order valence-electron chi connectivity index (χ3n) is 3.12. The lowest BCUT2D eigenvalue weighted by atomic mass is 10.2. The molecule has 23 heavy (non-hydrogen) atoms. The number of nitrogens with one attached hydrogen (secondary N) is 1. The minimum absolute atomic E-state index is 0.0549. The molecular formula is C16H19ClN4O2. The van der Waals surface area contributed by atoms with Gasteiger partial charge in [-0.1, -0.05) is 24.9 Å². The lowest BCUT2D eigenvalue weighted by Crippen LogP contribution is -2.20. The van der Waals surface area contributed by atoms with E-state index in [0.717, 1.165) is 35.4 Å². The van der Waals surface area contributed by atoms with Crippen LogP contribution in [0.5, 0.6) is 5.75 Å². The Labute approximate surface area is 139 Å². The first-order chi connectivity index (χ1) is 11.1. The van der Waals surface area contributed by atoms with Gasteiger partial charge >= 0.3 is 0 Å². The average Bonchev–Trinajstić information content (AvgIpc) is 2.56.